The molecule has 3 heteroatoms. The first-order chi connectivity index (χ1) is 7.81. The largest absolute Gasteiger partial charge is 0.330 e. The third-order valence-corrected chi connectivity index (χ3v) is 4.68. The lowest BCUT2D eigenvalue weighted by Crippen LogP contribution is -2.07. The van der Waals surface area contributed by atoms with Gasteiger partial charge >= 0.3 is 0 Å². The minimum absolute atomic E-state index is 0.535. The summed E-state index contributed by atoms with van der Waals surface area (Å²) in [5.74, 6) is 1.27. The van der Waals surface area contributed by atoms with Crippen LogP contribution in [0.1, 0.15) is 68.0 Å². The van der Waals surface area contributed by atoms with Crippen molar-refractivity contribution < 1.29 is 0 Å². The number of nitrogens with zero attached hydrogens (tertiary/aromatic N) is 1. The van der Waals surface area contributed by atoms with Gasteiger partial charge in [-0.1, -0.05) is 26.2 Å². The molecule has 2 rings (SSSR count). The molecule has 0 bridgehead atoms. The van der Waals surface area contributed by atoms with E-state index in [9.17, 15) is 0 Å². The summed E-state index contributed by atoms with van der Waals surface area (Å²) in [5.41, 5.74) is 6.94. The van der Waals surface area contributed by atoms with Crippen LogP contribution in [-0.4, -0.2) is 11.5 Å². The maximum absolute atomic E-state index is 5.59. The van der Waals surface area contributed by atoms with Crippen molar-refractivity contribution in [2.75, 3.05) is 6.54 Å². The van der Waals surface area contributed by atoms with Crippen LogP contribution in [0.3, 0.4) is 0 Å². The van der Waals surface area contributed by atoms with E-state index >= 15 is 0 Å². The van der Waals surface area contributed by atoms with Crippen molar-refractivity contribution >= 4 is 11.3 Å². The van der Waals surface area contributed by atoms with Gasteiger partial charge in [0, 0.05) is 17.2 Å². The van der Waals surface area contributed by atoms with Gasteiger partial charge in [0.25, 0.3) is 0 Å². The summed E-state index contributed by atoms with van der Waals surface area (Å²) in [5, 5.41) is 3.56. The van der Waals surface area contributed by atoms with E-state index in [1.54, 1.807) is 0 Å². The van der Waals surface area contributed by atoms with Gasteiger partial charge < -0.3 is 5.73 Å². The predicted octanol–water partition coefficient (Wildman–Crippen LogP) is 3.64. The second-order valence-electron chi connectivity index (χ2n) is 4.92. The summed E-state index contributed by atoms with van der Waals surface area (Å²) >= 11 is 1.82. The van der Waals surface area contributed by atoms with Crippen LogP contribution in [0.5, 0.6) is 0 Å². The average Bonchev–Trinajstić information content (AvgIpc) is 2.80. The van der Waals surface area contributed by atoms with Crippen LogP contribution in [-0.2, 0) is 0 Å². The van der Waals surface area contributed by atoms with Gasteiger partial charge in [-0.3, -0.25) is 0 Å². The van der Waals surface area contributed by atoms with Crippen LogP contribution in [0, 0.1) is 0 Å². The number of nitrogens with two attached hydrogens (primary N) is 1. The molecule has 1 saturated carbocycles. The Balaban J connectivity index is 2.00. The maximum Gasteiger partial charge on any atom is 0.0957 e. The molecule has 0 radical (unpaired) electrons. The Morgan fingerprint density at radius 1 is 1.44 bits per heavy atom. The highest BCUT2D eigenvalue weighted by Crippen LogP contribution is 2.34. The van der Waals surface area contributed by atoms with Crippen molar-refractivity contribution in [3.8, 4) is 0 Å². The van der Waals surface area contributed by atoms with Crippen molar-refractivity contribution in [3.63, 3.8) is 0 Å². The minimum atomic E-state index is 0.535. The van der Waals surface area contributed by atoms with Crippen molar-refractivity contribution in [2.45, 2.75) is 57.3 Å². The van der Waals surface area contributed by atoms with Gasteiger partial charge in [0.05, 0.1) is 10.7 Å². The summed E-state index contributed by atoms with van der Waals surface area (Å²) in [6.07, 6.45) is 7.92. The molecule has 1 aliphatic rings. The molecule has 0 amide bonds. The number of rotatable bonds is 4. The van der Waals surface area contributed by atoms with E-state index in [1.165, 1.54) is 42.8 Å². The van der Waals surface area contributed by atoms with E-state index in [4.69, 9.17) is 10.7 Å². The zero-order valence-electron chi connectivity index (χ0n) is 10.1. The van der Waals surface area contributed by atoms with E-state index in [0.29, 0.717) is 5.92 Å². The Hall–Kier alpha value is -0.410. The molecule has 2 N–H and O–H groups in total. The molecule has 1 aromatic heterocycles. The molecular weight excluding hydrogens is 216 g/mol. The quantitative estimate of drug-likeness (QED) is 0.869. The maximum atomic E-state index is 5.59. The van der Waals surface area contributed by atoms with E-state index < -0.39 is 0 Å². The van der Waals surface area contributed by atoms with Gasteiger partial charge in [-0.15, -0.1) is 11.3 Å². The first-order valence-electron chi connectivity index (χ1n) is 6.46. The number of aromatic nitrogens is 1. The molecule has 0 aromatic carbocycles. The van der Waals surface area contributed by atoms with Crippen molar-refractivity contribution in [1.29, 1.82) is 0 Å². The van der Waals surface area contributed by atoms with Crippen LogP contribution >= 0.6 is 11.3 Å². The molecule has 0 spiro atoms. The SMILES string of the molecule is CC(CCN)c1nc(C2CCCCC2)cs1. The Labute approximate surface area is 102 Å². The molecule has 16 heavy (non-hydrogen) atoms. The Kier molecular flexibility index (Phi) is 4.36. The lowest BCUT2D eigenvalue weighted by molar-refractivity contribution is 0.437. The summed E-state index contributed by atoms with van der Waals surface area (Å²) in [4.78, 5) is 4.82. The topological polar surface area (TPSA) is 38.9 Å². The highest BCUT2D eigenvalue weighted by molar-refractivity contribution is 7.09. The Bertz CT molecular complexity index is 315. The lowest BCUT2D eigenvalue weighted by Gasteiger charge is -2.19. The van der Waals surface area contributed by atoms with Crippen LogP contribution in [0.4, 0.5) is 0 Å². The van der Waals surface area contributed by atoms with E-state index in [2.05, 4.69) is 12.3 Å². The fourth-order valence-electron chi connectivity index (χ4n) is 2.49. The molecule has 2 nitrogen and oxygen atoms in total. The van der Waals surface area contributed by atoms with Gasteiger partial charge in [0.2, 0.25) is 0 Å². The molecule has 1 heterocycles. The van der Waals surface area contributed by atoms with E-state index in [0.717, 1.165) is 18.9 Å². The molecule has 90 valence electrons. The van der Waals surface area contributed by atoms with Crippen molar-refractivity contribution in [1.82, 2.24) is 4.98 Å². The van der Waals surface area contributed by atoms with Gasteiger partial charge in [-0.05, 0) is 25.8 Å². The normalized spacial score (nSPS) is 19.9. The molecular formula is C13H22N2S. The first kappa shape index (κ1) is 12.1. The second-order valence-corrected chi connectivity index (χ2v) is 5.81. The molecule has 1 fully saturated rings. The highest BCUT2D eigenvalue weighted by atomic mass is 32.1. The summed E-state index contributed by atoms with van der Waals surface area (Å²) in [6, 6.07) is 0. The van der Waals surface area contributed by atoms with Crippen LogP contribution in [0.25, 0.3) is 0 Å². The van der Waals surface area contributed by atoms with Gasteiger partial charge in [-0.25, -0.2) is 4.98 Å². The molecule has 0 aliphatic heterocycles. The van der Waals surface area contributed by atoms with Crippen LogP contribution < -0.4 is 5.73 Å². The number of hydrogen-bond donors (Lipinski definition) is 1. The fraction of sp³-hybridized carbons (Fsp3) is 0.769. The standard InChI is InChI=1S/C13H22N2S/c1-10(7-8-14)13-15-12(9-16-13)11-5-3-2-4-6-11/h9-11H,2-8,14H2,1H3. The summed E-state index contributed by atoms with van der Waals surface area (Å²) in [7, 11) is 0. The molecule has 1 unspecified atom stereocenters. The zero-order chi connectivity index (χ0) is 11.4. The van der Waals surface area contributed by atoms with Gasteiger partial charge in [0.1, 0.15) is 0 Å². The summed E-state index contributed by atoms with van der Waals surface area (Å²) in [6.45, 7) is 3.00. The molecule has 1 aromatic rings. The van der Waals surface area contributed by atoms with E-state index in [-0.39, 0.29) is 0 Å². The lowest BCUT2D eigenvalue weighted by atomic mass is 9.87. The molecule has 1 aliphatic carbocycles. The Morgan fingerprint density at radius 2 is 2.19 bits per heavy atom. The first-order valence-corrected chi connectivity index (χ1v) is 7.34. The highest BCUT2D eigenvalue weighted by Gasteiger charge is 2.19. The molecule has 1 atom stereocenters. The third kappa shape index (κ3) is 2.83. The van der Waals surface area contributed by atoms with Crippen molar-refractivity contribution in [3.05, 3.63) is 16.1 Å². The smallest absolute Gasteiger partial charge is 0.0957 e. The van der Waals surface area contributed by atoms with Crippen molar-refractivity contribution in [2.24, 2.45) is 5.73 Å². The molecule has 0 saturated heterocycles. The second kappa shape index (κ2) is 5.78. The van der Waals surface area contributed by atoms with E-state index in [1.807, 2.05) is 11.3 Å². The van der Waals surface area contributed by atoms with Gasteiger partial charge in [0.15, 0.2) is 0 Å². The predicted molar refractivity (Wildman–Crippen MR) is 70.0 cm³/mol. The minimum Gasteiger partial charge on any atom is -0.330 e. The fourth-order valence-corrected chi connectivity index (χ4v) is 3.48. The average molecular weight is 238 g/mol. The third-order valence-electron chi connectivity index (χ3n) is 3.58. The number of thiazole rings is 1. The summed E-state index contributed by atoms with van der Waals surface area (Å²) < 4.78 is 0. The Morgan fingerprint density at radius 3 is 2.88 bits per heavy atom. The zero-order valence-corrected chi connectivity index (χ0v) is 10.9. The number of hydrogen-bond acceptors (Lipinski definition) is 3. The van der Waals surface area contributed by atoms with Gasteiger partial charge in [-0.2, -0.15) is 0 Å². The van der Waals surface area contributed by atoms with Crippen LogP contribution in [0.2, 0.25) is 0 Å². The monoisotopic (exact) mass is 238 g/mol. The van der Waals surface area contributed by atoms with Crippen LogP contribution in [0.15, 0.2) is 5.38 Å².